The highest BCUT2D eigenvalue weighted by Crippen LogP contribution is 2.28. The van der Waals surface area contributed by atoms with E-state index in [1.54, 1.807) is 11.3 Å². The summed E-state index contributed by atoms with van der Waals surface area (Å²) in [6.07, 6.45) is 0. The predicted octanol–water partition coefficient (Wildman–Crippen LogP) is 4.43. The quantitative estimate of drug-likeness (QED) is 0.786. The summed E-state index contributed by atoms with van der Waals surface area (Å²) in [4.78, 5) is 3.68. The van der Waals surface area contributed by atoms with E-state index in [2.05, 4.69) is 51.4 Å². The van der Waals surface area contributed by atoms with Crippen molar-refractivity contribution in [3.8, 4) is 0 Å². The molecule has 0 fully saturated rings. The highest BCUT2D eigenvalue weighted by atomic mass is 35.5. The van der Waals surface area contributed by atoms with E-state index in [9.17, 15) is 0 Å². The minimum atomic E-state index is 0.309. The first-order valence-corrected chi connectivity index (χ1v) is 7.69. The van der Waals surface area contributed by atoms with Crippen LogP contribution in [0.1, 0.15) is 25.6 Å². The van der Waals surface area contributed by atoms with Gasteiger partial charge in [0.05, 0.1) is 4.34 Å². The van der Waals surface area contributed by atoms with Crippen molar-refractivity contribution in [2.45, 2.75) is 27.3 Å². The first-order chi connectivity index (χ1) is 7.82. The van der Waals surface area contributed by atoms with Crippen molar-refractivity contribution in [3.63, 3.8) is 0 Å². The van der Waals surface area contributed by atoms with Crippen molar-refractivity contribution in [2.75, 3.05) is 19.3 Å². The topological polar surface area (TPSA) is 3.24 Å². The number of nitrogens with zero attached hydrogens (tertiary/aromatic N) is 1. The summed E-state index contributed by atoms with van der Waals surface area (Å²) >= 11 is 12.1. The van der Waals surface area contributed by atoms with Crippen LogP contribution in [0.5, 0.6) is 0 Å². The van der Waals surface area contributed by atoms with Gasteiger partial charge in [0.1, 0.15) is 0 Å². The Kier molecular flexibility index (Phi) is 5.84. The summed E-state index contributed by atoms with van der Waals surface area (Å²) in [6.45, 7) is 8.89. The van der Waals surface area contributed by atoms with E-state index in [0.717, 1.165) is 23.2 Å². The van der Waals surface area contributed by atoms with Crippen molar-refractivity contribution in [2.24, 2.45) is 11.3 Å². The summed E-state index contributed by atoms with van der Waals surface area (Å²) in [5, 5.41) is 0. The van der Waals surface area contributed by atoms with E-state index in [1.807, 2.05) is 6.07 Å². The summed E-state index contributed by atoms with van der Waals surface area (Å²) < 4.78 is 0.870. The fourth-order valence-electron chi connectivity index (χ4n) is 1.75. The molecule has 0 aliphatic heterocycles. The summed E-state index contributed by atoms with van der Waals surface area (Å²) in [5.41, 5.74) is 0.309. The van der Waals surface area contributed by atoms with E-state index in [0.29, 0.717) is 11.3 Å². The third kappa shape index (κ3) is 5.21. The van der Waals surface area contributed by atoms with E-state index < -0.39 is 0 Å². The first-order valence-electron chi connectivity index (χ1n) is 5.86. The maximum Gasteiger partial charge on any atom is 0.0931 e. The molecule has 98 valence electrons. The predicted molar refractivity (Wildman–Crippen MR) is 82.5 cm³/mol. The molecule has 17 heavy (non-hydrogen) atoms. The van der Waals surface area contributed by atoms with Crippen molar-refractivity contribution in [1.29, 1.82) is 0 Å². The minimum Gasteiger partial charge on any atom is -0.301 e. The van der Waals surface area contributed by atoms with E-state index in [4.69, 9.17) is 11.6 Å². The molecule has 0 aromatic carbocycles. The van der Waals surface area contributed by atoms with Gasteiger partial charge < -0.3 is 4.90 Å². The van der Waals surface area contributed by atoms with Crippen LogP contribution in [-0.4, -0.2) is 24.2 Å². The Morgan fingerprint density at radius 3 is 2.47 bits per heavy atom. The zero-order valence-electron chi connectivity index (χ0n) is 11.0. The van der Waals surface area contributed by atoms with Gasteiger partial charge in [-0.2, -0.15) is 12.6 Å². The largest absolute Gasteiger partial charge is 0.301 e. The smallest absolute Gasteiger partial charge is 0.0931 e. The molecule has 1 unspecified atom stereocenters. The maximum atomic E-state index is 5.94. The van der Waals surface area contributed by atoms with Crippen LogP contribution < -0.4 is 0 Å². The first kappa shape index (κ1) is 15.4. The normalized spacial score (nSPS) is 14.3. The lowest BCUT2D eigenvalue weighted by Crippen LogP contribution is -2.34. The molecule has 0 saturated heterocycles. The van der Waals surface area contributed by atoms with Gasteiger partial charge in [0, 0.05) is 18.0 Å². The fraction of sp³-hybridized carbons (Fsp3) is 0.692. The van der Waals surface area contributed by atoms with Gasteiger partial charge in [0.2, 0.25) is 0 Å². The van der Waals surface area contributed by atoms with Gasteiger partial charge in [0.25, 0.3) is 0 Å². The van der Waals surface area contributed by atoms with Crippen LogP contribution in [-0.2, 0) is 6.54 Å². The van der Waals surface area contributed by atoms with Crippen molar-refractivity contribution >= 4 is 35.6 Å². The third-order valence-corrected chi connectivity index (χ3v) is 4.69. The number of halogens is 1. The molecule has 0 aliphatic rings. The number of thiophene rings is 1. The van der Waals surface area contributed by atoms with Crippen LogP contribution in [0, 0.1) is 11.3 Å². The molecule has 1 atom stereocenters. The van der Waals surface area contributed by atoms with Crippen LogP contribution in [0.4, 0.5) is 0 Å². The lowest BCUT2D eigenvalue weighted by Gasteiger charge is -2.32. The van der Waals surface area contributed by atoms with Crippen LogP contribution in [0.2, 0.25) is 4.34 Å². The molecule has 1 aromatic rings. The van der Waals surface area contributed by atoms with Crippen LogP contribution in [0.3, 0.4) is 0 Å². The molecule has 0 aliphatic carbocycles. The number of thiol groups is 1. The monoisotopic (exact) mass is 291 g/mol. The second kappa shape index (κ2) is 6.46. The molecule has 1 aromatic heterocycles. The molecule has 0 amide bonds. The van der Waals surface area contributed by atoms with E-state index >= 15 is 0 Å². The number of hydrogen-bond acceptors (Lipinski definition) is 3. The Balaban J connectivity index is 2.51. The number of hydrogen-bond donors (Lipinski definition) is 1. The maximum absolute atomic E-state index is 5.94. The van der Waals surface area contributed by atoms with Gasteiger partial charge >= 0.3 is 0 Å². The van der Waals surface area contributed by atoms with Gasteiger partial charge in [-0.05, 0) is 36.3 Å². The fourth-order valence-corrected chi connectivity index (χ4v) is 3.58. The van der Waals surface area contributed by atoms with Gasteiger partial charge in [-0.15, -0.1) is 11.3 Å². The zero-order chi connectivity index (χ0) is 13.1. The van der Waals surface area contributed by atoms with Crippen LogP contribution in [0.15, 0.2) is 12.1 Å². The molecule has 0 radical (unpaired) electrons. The minimum absolute atomic E-state index is 0.309. The molecule has 1 heterocycles. The molecule has 1 rings (SSSR count). The molecule has 0 N–H and O–H groups in total. The lowest BCUT2D eigenvalue weighted by atomic mass is 9.81. The zero-order valence-corrected chi connectivity index (χ0v) is 13.5. The third-order valence-electron chi connectivity index (χ3n) is 3.03. The van der Waals surface area contributed by atoms with Gasteiger partial charge in [0.15, 0.2) is 0 Å². The number of rotatable bonds is 5. The Morgan fingerprint density at radius 1 is 1.41 bits per heavy atom. The SMILES string of the molecule is CN(Cc1ccc(Cl)s1)CC(CS)C(C)(C)C. The second-order valence-electron chi connectivity index (χ2n) is 5.65. The van der Waals surface area contributed by atoms with Crippen LogP contribution >= 0.6 is 35.6 Å². The summed E-state index contributed by atoms with van der Waals surface area (Å²) in [5.74, 6) is 1.53. The lowest BCUT2D eigenvalue weighted by molar-refractivity contribution is 0.184. The van der Waals surface area contributed by atoms with Gasteiger partial charge in [-0.25, -0.2) is 0 Å². The molecular formula is C13H22ClNS2. The molecule has 4 heteroatoms. The highest BCUT2D eigenvalue weighted by Gasteiger charge is 2.24. The average Bonchev–Trinajstić information content (AvgIpc) is 2.58. The molecule has 0 bridgehead atoms. The second-order valence-corrected chi connectivity index (χ2v) is 7.81. The molecule has 0 saturated carbocycles. The standard InChI is InChI=1S/C13H22ClNS2/c1-13(2,3)10(9-16)7-15(4)8-11-5-6-12(14)17-11/h5-6,10,16H,7-9H2,1-4H3. The van der Waals surface area contributed by atoms with Crippen LogP contribution in [0.25, 0.3) is 0 Å². The van der Waals surface area contributed by atoms with Crippen molar-refractivity contribution in [1.82, 2.24) is 4.90 Å². The average molecular weight is 292 g/mol. The van der Waals surface area contributed by atoms with E-state index in [-0.39, 0.29) is 0 Å². The van der Waals surface area contributed by atoms with Crippen molar-refractivity contribution < 1.29 is 0 Å². The van der Waals surface area contributed by atoms with E-state index in [1.165, 1.54) is 4.88 Å². The van der Waals surface area contributed by atoms with Gasteiger partial charge in [-0.1, -0.05) is 32.4 Å². The highest BCUT2D eigenvalue weighted by molar-refractivity contribution is 7.80. The van der Waals surface area contributed by atoms with Crippen molar-refractivity contribution in [3.05, 3.63) is 21.3 Å². The Labute approximate surface area is 120 Å². The summed E-state index contributed by atoms with van der Waals surface area (Å²) in [6, 6.07) is 4.07. The van der Waals surface area contributed by atoms with Gasteiger partial charge in [-0.3, -0.25) is 0 Å². The Bertz CT molecular complexity index is 343. The molecule has 1 nitrogen and oxygen atoms in total. The Morgan fingerprint density at radius 2 is 2.06 bits per heavy atom. The molecule has 0 spiro atoms. The molecular weight excluding hydrogens is 270 g/mol. The Hall–Kier alpha value is 0.300. The summed E-state index contributed by atoms with van der Waals surface area (Å²) in [7, 11) is 2.16.